The van der Waals surface area contributed by atoms with Crippen molar-refractivity contribution < 1.29 is 0 Å². The van der Waals surface area contributed by atoms with Crippen LogP contribution >= 0.6 is 0 Å². The third-order valence-electron chi connectivity index (χ3n) is 3.59. The topological polar surface area (TPSA) is 0 Å². The van der Waals surface area contributed by atoms with Crippen molar-refractivity contribution in [1.29, 1.82) is 0 Å². The summed E-state index contributed by atoms with van der Waals surface area (Å²) < 4.78 is 0. The van der Waals surface area contributed by atoms with Gasteiger partial charge in [0.2, 0.25) is 0 Å². The lowest BCUT2D eigenvalue weighted by Gasteiger charge is -2.35. The fraction of sp³-hybridized carbons (Fsp3) is 1.00. The summed E-state index contributed by atoms with van der Waals surface area (Å²) >= 11 is 0. The van der Waals surface area contributed by atoms with Crippen LogP contribution in [-0.2, 0) is 0 Å². The molecule has 0 aromatic heterocycles. The molecule has 0 aliphatic carbocycles. The van der Waals surface area contributed by atoms with E-state index in [0.29, 0.717) is 5.41 Å². The van der Waals surface area contributed by atoms with Crippen LogP contribution in [0.4, 0.5) is 0 Å². The molecule has 0 aromatic rings. The zero-order valence-corrected chi connectivity index (χ0v) is 8.91. The Morgan fingerprint density at radius 2 is 1.64 bits per heavy atom. The normalized spacial score (nSPS) is 14.6. The van der Waals surface area contributed by atoms with E-state index in [4.69, 9.17) is 0 Å². The van der Waals surface area contributed by atoms with Crippen LogP contribution in [0.2, 0.25) is 12.6 Å². The fourth-order valence-electron chi connectivity index (χ4n) is 2.10. The summed E-state index contributed by atoms with van der Waals surface area (Å²) in [5.74, 6) is 0.928. The van der Waals surface area contributed by atoms with Crippen LogP contribution in [0.15, 0.2) is 0 Å². The molecule has 0 fully saturated rings. The first kappa shape index (κ1) is 11.1. The van der Waals surface area contributed by atoms with Crippen LogP contribution in [0.5, 0.6) is 0 Å². The minimum Gasteiger partial charge on any atom is -0.0891 e. The van der Waals surface area contributed by atoms with E-state index in [2.05, 4.69) is 34.5 Å². The second-order valence-corrected chi connectivity index (χ2v) is 3.87. The quantitative estimate of drug-likeness (QED) is 0.531. The van der Waals surface area contributed by atoms with Crippen molar-refractivity contribution in [2.24, 2.45) is 5.41 Å². The Morgan fingerprint density at radius 3 is 1.73 bits per heavy atom. The van der Waals surface area contributed by atoms with Gasteiger partial charge in [0.15, 0.2) is 0 Å². The molecular formula is C10H23B. The van der Waals surface area contributed by atoms with E-state index in [-0.39, 0.29) is 0 Å². The molecule has 0 saturated carbocycles. The largest absolute Gasteiger partial charge is 0.121 e. The van der Waals surface area contributed by atoms with Crippen LogP contribution in [-0.4, -0.2) is 7.28 Å². The first-order chi connectivity index (χ1) is 5.14. The highest BCUT2D eigenvalue weighted by Gasteiger charge is 2.27. The van der Waals surface area contributed by atoms with Crippen molar-refractivity contribution >= 4 is 7.28 Å². The molecule has 0 amide bonds. The highest BCUT2D eigenvalue weighted by Crippen LogP contribution is 2.40. The molecule has 1 atom stereocenters. The summed E-state index contributed by atoms with van der Waals surface area (Å²) in [4.78, 5) is 0. The SMILES string of the molecule is CBC(CC)C(C)(CC)CC. The van der Waals surface area contributed by atoms with Crippen molar-refractivity contribution in [2.45, 2.75) is 59.6 Å². The van der Waals surface area contributed by atoms with Gasteiger partial charge in [0.1, 0.15) is 7.28 Å². The Kier molecular flexibility index (Phi) is 4.87. The number of hydrogen-bond acceptors (Lipinski definition) is 0. The monoisotopic (exact) mass is 154 g/mol. The van der Waals surface area contributed by atoms with Crippen molar-refractivity contribution in [1.82, 2.24) is 0 Å². The van der Waals surface area contributed by atoms with Crippen molar-refractivity contribution in [2.75, 3.05) is 0 Å². The van der Waals surface area contributed by atoms with Gasteiger partial charge in [-0.25, -0.2) is 0 Å². The van der Waals surface area contributed by atoms with E-state index in [1.807, 2.05) is 0 Å². The van der Waals surface area contributed by atoms with Gasteiger partial charge in [0.25, 0.3) is 0 Å². The molecule has 0 nitrogen and oxygen atoms in total. The molecule has 1 unspecified atom stereocenters. The van der Waals surface area contributed by atoms with E-state index in [0.717, 1.165) is 5.82 Å². The molecule has 0 aliphatic rings. The smallest absolute Gasteiger partial charge is 0.0891 e. The highest BCUT2D eigenvalue weighted by atomic mass is 14.3. The molecule has 0 radical (unpaired) electrons. The van der Waals surface area contributed by atoms with Gasteiger partial charge in [-0.2, -0.15) is 0 Å². The predicted molar refractivity (Wildman–Crippen MR) is 55.7 cm³/mol. The Hall–Kier alpha value is 0.0649. The van der Waals surface area contributed by atoms with Gasteiger partial charge in [0, 0.05) is 0 Å². The summed E-state index contributed by atoms with van der Waals surface area (Å²) in [6, 6.07) is 0. The van der Waals surface area contributed by atoms with Crippen LogP contribution in [0.25, 0.3) is 0 Å². The van der Waals surface area contributed by atoms with Crippen LogP contribution in [0, 0.1) is 5.41 Å². The van der Waals surface area contributed by atoms with Gasteiger partial charge >= 0.3 is 0 Å². The fourth-order valence-corrected chi connectivity index (χ4v) is 2.10. The molecule has 0 rings (SSSR count). The maximum Gasteiger partial charge on any atom is 0.121 e. The van der Waals surface area contributed by atoms with Crippen molar-refractivity contribution in [3.05, 3.63) is 0 Å². The van der Waals surface area contributed by atoms with Crippen molar-refractivity contribution in [3.8, 4) is 0 Å². The van der Waals surface area contributed by atoms with Crippen LogP contribution in [0.1, 0.15) is 47.0 Å². The minimum absolute atomic E-state index is 0.601. The molecule has 0 aromatic carbocycles. The summed E-state index contributed by atoms with van der Waals surface area (Å²) in [5.41, 5.74) is 0.601. The molecule has 0 spiro atoms. The van der Waals surface area contributed by atoms with Gasteiger partial charge in [0.05, 0.1) is 0 Å². The van der Waals surface area contributed by atoms with Gasteiger partial charge in [-0.1, -0.05) is 59.6 Å². The lowest BCUT2D eigenvalue weighted by atomic mass is 9.52. The molecular weight excluding hydrogens is 131 g/mol. The summed E-state index contributed by atoms with van der Waals surface area (Å²) in [5, 5.41) is 0. The Morgan fingerprint density at radius 1 is 1.18 bits per heavy atom. The summed E-state index contributed by atoms with van der Waals surface area (Å²) in [6.07, 6.45) is 4.00. The second kappa shape index (κ2) is 4.85. The molecule has 0 N–H and O–H groups in total. The molecule has 1 heteroatoms. The number of hydrogen-bond donors (Lipinski definition) is 0. The lowest BCUT2D eigenvalue weighted by Crippen LogP contribution is -2.24. The van der Waals surface area contributed by atoms with Gasteiger partial charge < -0.3 is 0 Å². The number of rotatable bonds is 5. The third-order valence-corrected chi connectivity index (χ3v) is 3.59. The zero-order chi connectivity index (χ0) is 8.91. The van der Waals surface area contributed by atoms with Gasteiger partial charge in [-0.05, 0) is 5.41 Å². The molecule has 0 saturated heterocycles. The maximum atomic E-state index is 2.44. The average molecular weight is 154 g/mol. The van der Waals surface area contributed by atoms with E-state index in [1.54, 1.807) is 0 Å². The van der Waals surface area contributed by atoms with Crippen LogP contribution < -0.4 is 0 Å². The van der Waals surface area contributed by atoms with Gasteiger partial charge in [-0.15, -0.1) is 0 Å². The van der Waals surface area contributed by atoms with Crippen molar-refractivity contribution in [3.63, 3.8) is 0 Å². The van der Waals surface area contributed by atoms with E-state index in [9.17, 15) is 0 Å². The highest BCUT2D eigenvalue weighted by molar-refractivity contribution is 6.35. The van der Waals surface area contributed by atoms with E-state index < -0.39 is 0 Å². The average Bonchev–Trinajstić information content (AvgIpc) is 2.06. The summed E-state index contributed by atoms with van der Waals surface area (Å²) in [6.45, 7) is 11.7. The molecule has 0 aliphatic heterocycles. The lowest BCUT2D eigenvalue weighted by molar-refractivity contribution is 0.269. The molecule has 0 heterocycles. The standard InChI is InChI=1S/C10H23B/c1-6-9(11-5)10(4,7-2)8-3/h9,11H,6-8H2,1-5H3. The Balaban J connectivity index is 4.19. The second-order valence-electron chi connectivity index (χ2n) is 3.87. The Labute approximate surface area is 73.0 Å². The van der Waals surface area contributed by atoms with E-state index >= 15 is 0 Å². The van der Waals surface area contributed by atoms with Crippen LogP contribution in [0.3, 0.4) is 0 Å². The zero-order valence-electron chi connectivity index (χ0n) is 8.91. The van der Waals surface area contributed by atoms with Gasteiger partial charge in [-0.3, -0.25) is 0 Å². The molecule has 0 bridgehead atoms. The third kappa shape index (κ3) is 2.54. The van der Waals surface area contributed by atoms with E-state index in [1.165, 1.54) is 26.5 Å². The predicted octanol–water partition coefficient (Wildman–Crippen LogP) is 3.50. The first-order valence-corrected chi connectivity index (χ1v) is 5.14. The minimum atomic E-state index is 0.601. The Bertz CT molecular complexity index is 91.0. The molecule has 66 valence electrons. The molecule has 11 heavy (non-hydrogen) atoms. The first-order valence-electron chi connectivity index (χ1n) is 5.14. The maximum absolute atomic E-state index is 2.44. The summed E-state index contributed by atoms with van der Waals surface area (Å²) in [7, 11) is 1.34.